The quantitative estimate of drug-likeness (QED) is 0.883. The highest BCUT2D eigenvalue weighted by molar-refractivity contribution is 7.13. The summed E-state index contributed by atoms with van der Waals surface area (Å²) in [5.41, 5.74) is 1.69. The number of hydrogen-bond donors (Lipinski definition) is 1. The highest BCUT2D eigenvalue weighted by Crippen LogP contribution is 2.14. The molecule has 6 heteroatoms. The van der Waals surface area contributed by atoms with E-state index in [-0.39, 0.29) is 24.4 Å². The summed E-state index contributed by atoms with van der Waals surface area (Å²) in [5.74, 6) is -0.366. The van der Waals surface area contributed by atoms with Crippen LogP contribution in [0.15, 0.2) is 35.8 Å². The standard InChI is InChI=1S/C17H21N3O2S/c1-4-13(3)20(11-15(21)19-17-18-9-10-23-17)16(22)14-7-5-12(2)6-8-14/h5-10,13H,4,11H2,1-3H3,(H,18,19,21). The number of hydrogen-bond acceptors (Lipinski definition) is 4. The number of benzene rings is 1. The van der Waals surface area contributed by atoms with E-state index in [9.17, 15) is 9.59 Å². The van der Waals surface area contributed by atoms with Crippen LogP contribution in [-0.4, -0.2) is 34.3 Å². The lowest BCUT2D eigenvalue weighted by molar-refractivity contribution is -0.117. The first-order valence-electron chi connectivity index (χ1n) is 7.58. The third-order valence-corrected chi connectivity index (χ3v) is 4.36. The van der Waals surface area contributed by atoms with Crippen LogP contribution in [0.3, 0.4) is 0 Å². The fourth-order valence-electron chi connectivity index (χ4n) is 2.11. The normalized spacial score (nSPS) is 11.8. The van der Waals surface area contributed by atoms with Crippen molar-refractivity contribution in [1.29, 1.82) is 0 Å². The van der Waals surface area contributed by atoms with E-state index in [2.05, 4.69) is 10.3 Å². The molecular weight excluding hydrogens is 310 g/mol. The first-order chi connectivity index (χ1) is 11.0. The number of aryl methyl sites for hydroxylation is 1. The largest absolute Gasteiger partial charge is 0.327 e. The average Bonchev–Trinajstić information content (AvgIpc) is 3.05. The van der Waals surface area contributed by atoms with Crippen molar-refractivity contribution >= 4 is 28.3 Å². The Morgan fingerprint density at radius 3 is 2.57 bits per heavy atom. The molecule has 0 aliphatic heterocycles. The number of aromatic nitrogens is 1. The summed E-state index contributed by atoms with van der Waals surface area (Å²) >= 11 is 1.35. The van der Waals surface area contributed by atoms with E-state index in [1.54, 1.807) is 28.6 Å². The molecule has 1 N–H and O–H groups in total. The Morgan fingerprint density at radius 2 is 2.00 bits per heavy atom. The zero-order valence-corrected chi connectivity index (χ0v) is 14.4. The summed E-state index contributed by atoms with van der Waals surface area (Å²) in [4.78, 5) is 30.5. The third-order valence-electron chi connectivity index (χ3n) is 3.67. The maximum atomic E-state index is 12.7. The van der Waals surface area contributed by atoms with Gasteiger partial charge >= 0.3 is 0 Å². The van der Waals surface area contributed by atoms with Crippen molar-refractivity contribution in [3.8, 4) is 0 Å². The Labute approximate surface area is 140 Å². The van der Waals surface area contributed by atoms with Crippen LogP contribution in [0.4, 0.5) is 5.13 Å². The van der Waals surface area contributed by atoms with Gasteiger partial charge in [-0.15, -0.1) is 11.3 Å². The van der Waals surface area contributed by atoms with Crippen LogP contribution in [0.2, 0.25) is 0 Å². The Kier molecular flexibility index (Phi) is 5.87. The predicted molar refractivity (Wildman–Crippen MR) is 92.7 cm³/mol. The van der Waals surface area contributed by atoms with Gasteiger partial charge in [0.1, 0.15) is 6.54 Å². The zero-order valence-electron chi connectivity index (χ0n) is 13.6. The molecule has 0 spiro atoms. The second kappa shape index (κ2) is 7.87. The van der Waals surface area contributed by atoms with E-state index in [1.165, 1.54) is 11.3 Å². The summed E-state index contributed by atoms with van der Waals surface area (Å²) in [7, 11) is 0. The van der Waals surface area contributed by atoms with Gasteiger partial charge in [-0.25, -0.2) is 4.98 Å². The number of nitrogens with zero attached hydrogens (tertiary/aromatic N) is 2. The fraction of sp³-hybridized carbons (Fsp3) is 0.353. The fourth-order valence-corrected chi connectivity index (χ4v) is 2.65. The molecule has 2 amide bonds. The molecule has 0 aliphatic carbocycles. The molecule has 1 aromatic carbocycles. The minimum absolute atomic E-state index is 0.0152. The first kappa shape index (κ1) is 17.1. The van der Waals surface area contributed by atoms with Crippen molar-refractivity contribution in [1.82, 2.24) is 9.88 Å². The van der Waals surface area contributed by atoms with Gasteiger partial charge in [0, 0.05) is 23.2 Å². The lowest BCUT2D eigenvalue weighted by Crippen LogP contribution is -2.43. The van der Waals surface area contributed by atoms with Crippen molar-refractivity contribution in [2.75, 3.05) is 11.9 Å². The van der Waals surface area contributed by atoms with E-state index >= 15 is 0 Å². The second-order valence-electron chi connectivity index (χ2n) is 5.44. The van der Waals surface area contributed by atoms with Crippen molar-refractivity contribution in [3.63, 3.8) is 0 Å². The number of thiazole rings is 1. The van der Waals surface area contributed by atoms with Gasteiger partial charge in [-0.1, -0.05) is 24.6 Å². The van der Waals surface area contributed by atoms with Crippen molar-refractivity contribution in [2.45, 2.75) is 33.2 Å². The third kappa shape index (κ3) is 4.63. The molecule has 0 aliphatic rings. The van der Waals surface area contributed by atoms with Crippen LogP contribution >= 0.6 is 11.3 Å². The molecule has 23 heavy (non-hydrogen) atoms. The molecule has 0 saturated carbocycles. The van der Waals surface area contributed by atoms with E-state index in [0.29, 0.717) is 10.7 Å². The van der Waals surface area contributed by atoms with Gasteiger partial charge in [-0.2, -0.15) is 0 Å². The van der Waals surface area contributed by atoms with Gasteiger partial charge in [0.2, 0.25) is 5.91 Å². The zero-order chi connectivity index (χ0) is 16.8. The molecule has 0 radical (unpaired) electrons. The van der Waals surface area contributed by atoms with Gasteiger partial charge in [0.05, 0.1) is 0 Å². The molecule has 2 aromatic rings. The molecule has 1 heterocycles. The smallest absolute Gasteiger partial charge is 0.254 e. The van der Waals surface area contributed by atoms with Crippen LogP contribution in [0.25, 0.3) is 0 Å². The van der Waals surface area contributed by atoms with E-state index in [4.69, 9.17) is 0 Å². The van der Waals surface area contributed by atoms with E-state index < -0.39 is 0 Å². The number of carbonyl (C=O) groups excluding carboxylic acids is 2. The van der Waals surface area contributed by atoms with Crippen molar-refractivity contribution < 1.29 is 9.59 Å². The number of rotatable bonds is 6. The summed E-state index contributed by atoms with van der Waals surface area (Å²) in [5, 5.41) is 5.06. The van der Waals surface area contributed by atoms with Gasteiger partial charge in [0.15, 0.2) is 5.13 Å². The monoisotopic (exact) mass is 331 g/mol. The Hall–Kier alpha value is -2.21. The summed E-state index contributed by atoms with van der Waals surface area (Å²) in [6.45, 7) is 5.94. The maximum Gasteiger partial charge on any atom is 0.254 e. The van der Waals surface area contributed by atoms with Crippen LogP contribution in [-0.2, 0) is 4.79 Å². The SMILES string of the molecule is CCC(C)N(CC(=O)Nc1nccs1)C(=O)c1ccc(C)cc1. The topological polar surface area (TPSA) is 62.3 Å². The van der Waals surface area contributed by atoms with Crippen molar-refractivity contribution in [3.05, 3.63) is 47.0 Å². The number of amides is 2. The Morgan fingerprint density at radius 1 is 1.30 bits per heavy atom. The van der Waals surface area contributed by atoms with E-state index in [1.807, 2.05) is 32.9 Å². The molecule has 0 bridgehead atoms. The molecule has 5 nitrogen and oxygen atoms in total. The number of anilines is 1. The number of carbonyl (C=O) groups is 2. The lowest BCUT2D eigenvalue weighted by atomic mass is 10.1. The highest BCUT2D eigenvalue weighted by Gasteiger charge is 2.23. The first-order valence-corrected chi connectivity index (χ1v) is 8.46. The Balaban J connectivity index is 2.11. The molecular formula is C17H21N3O2S. The van der Waals surface area contributed by atoms with Gasteiger partial charge < -0.3 is 10.2 Å². The predicted octanol–water partition coefficient (Wildman–Crippen LogP) is 3.33. The van der Waals surface area contributed by atoms with Crippen LogP contribution in [0.1, 0.15) is 36.2 Å². The molecule has 122 valence electrons. The molecule has 1 unspecified atom stereocenters. The second-order valence-corrected chi connectivity index (χ2v) is 6.34. The maximum absolute atomic E-state index is 12.7. The van der Waals surface area contributed by atoms with Gasteiger partial charge in [-0.05, 0) is 32.4 Å². The van der Waals surface area contributed by atoms with Crippen LogP contribution in [0.5, 0.6) is 0 Å². The summed E-state index contributed by atoms with van der Waals surface area (Å²) in [6.07, 6.45) is 2.41. The summed E-state index contributed by atoms with van der Waals surface area (Å²) < 4.78 is 0. The Bertz CT molecular complexity index is 653. The molecule has 1 aromatic heterocycles. The average molecular weight is 331 g/mol. The highest BCUT2D eigenvalue weighted by atomic mass is 32.1. The summed E-state index contributed by atoms with van der Waals surface area (Å²) in [6, 6.07) is 7.37. The van der Waals surface area contributed by atoms with Crippen LogP contribution < -0.4 is 5.32 Å². The molecule has 2 rings (SSSR count). The minimum Gasteiger partial charge on any atom is -0.327 e. The number of nitrogens with one attached hydrogen (secondary N) is 1. The van der Waals surface area contributed by atoms with Gasteiger partial charge in [-0.3, -0.25) is 9.59 Å². The van der Waals surface area contributed by atoms with E-state index in [0.717, 1.165) is 12.0 Å². The van der Waals surface area contributed by atoms with Crippen molar-refractivity contribution in [2.24, 2.45) is 0 Å². The van der Waals surface area contributed by atoms with Gasteiger partial charge in [0.25, 0.3) is 5.91 Å². The minimum atomic E-state index is -0.235. The molecule has 0 fully saturated rings. The molecule has 1 atom stereocenters. The molecule has 0 saturated heterocycles. The van der Waals surface area contributed by atoms with Crippen LogP contribution in [0, 0.1) is 6.92 Å². The lowest BCUT2D eigenvalue weighted by Gasteiger charge is -2.28.